The van der Waals surface area contributed by atoms with Gasteiger partial charge in [-0.3, -0.25) is 14.9 Å². The molecule has 0 bridgehead atoms. The fraction of sp³-hybridized carbons (Fsp3) is 0.438. The van der Waals surface area contributed by atoms with Crippen LogP contribution in [-0.2, 0) is 24.3 Å². The van der Waals surface area contributed by atoms with Crippen LogP contribution in [0.3, 0.4) is 0 Å². The van der Waals surface area contributed by atoms with Gasteiger partial charge in [-0.2, -0.15) is 4.31 Å². The Morgan fingerprint density at radius 2 is 1.70 bits per heavy atom. The van der Waals surface area contributed by atoms with Gasteiger partial charge in [-0.1, -0.05) is 0 Å². The highest BCUT2D eigenvalue weighted by atomic mass is 32.2. The molecule has 0 unspecified atom stereocenters. The molecule has 11 heteroatoms. The fourth-order valence-corrected chi connectivity index (χ4v) is 2.97. The predicted molar refractivity (Wildman–Crippen MR) is 93.6 cm³/mol. The van der Waals surface area contributed by atoms with E-state index in [4.69, 9.17) is 4.74 Å². The van der Waals surface area contributed by atoms with Crippen LogP contribution in [0.2, 0.25) is 0 Å². The zero-order valence-corrected chi connectivity index (χ0v) is 16.2. The lowest BCUT2D eigenvalue weighted by Crippen LogP contribution is -2.47. The number of amides is 3. The number of imide groups is 1. The molecule has 0 aromatic heterocycles. The summed E-state index contributed by atoms with van der Waals surface area (Å²) in [5.41, 5.74) is 0. The lowest BCUT2D eigenvalue weighted by molar-refractivity contribution is -0.154. The van der Waals surface area contributed by atoms with Gasteiger partial charge < -0.3 is 10.1 Å². The minimum Gasteiger partial charge on any atom is -0.452 e. The molecule has 0 radical (unpaired) electrons. The molecular formula is C16H22FN3O6S. The number of halogens is 1. The number of nitrogens with zero attached hydrogens (tertiary/aromatic N) is 1. The monoisotopic (exact) mass is 403 g/mol. The van der Waals surface area contributed by atoms with E-state index in [2.05, 4.69) is 5.32 Å². The number of carbonyl (C=O) groups is 3. The van der Waals surface area contributed by atoms with Crippen LogP contribution in [0.15, 0.2) is 29.2 Å². The van der Waals surface area contributed by atoms with Crippen molar-refractivity contribution >= 4 is 27.9 Å². The molecule has 2 N–H and O–H groups in total. The molecule has 150 valence electrons. The van der Waals surface area contributed by atoms with Crippen molar-refractivity contribution in [2.24, 2.45) is 0 Å². The van der Waals surface area contributed by atoms with Crippen molar-refractivity contribution in [2.45, 2.75) is 37.8 Å². The quantitative estimate of drug-likeness (QED) is 0.644. The number of hydrogen-bond donors (Lipinski definition) is 2. The molecule has 1 aromatic rings. The molecule has 0 aliphatic heterocycles. The van der Waals surface area contributed by atoms with Gasteiger partial charge in [-0.15, -0.1) is 0 Å². The van der Waals surface area contributed by atoms with E-state index in [-0.39, 0.29) is 10.9 Å². The van der Waals surface area contributed by atoms with Gasteiger partial charge in [-0.25, -0.2) is 17.6 Å². The van der Waals surface area contributed by atoms with E-state index >= 15 is 0 Å². The maximum absolute atomic E-state index is 12.9. The van der Waals surface area contributed by atoms with Gasteiger partial charge in [0.2, 0.25) is 10.0 Å². The number of ether oxygens (including phenoxy) is 1. The van der Waals surface area contributed by atoms with Crippen molar-refractivity contribution < 1.29 is 31.9 Å². The zero-order chi connectivity index (χ0) is 20.8. The van der Waals surface area contributed by atoms with Crippen molar-refractivity contribution in [1.29, 1.82) is 0 Å². The first-order valence-corrected chi connectivity index (χ1v) is 9.40. The Hall–Kier alpha value is -2.53. The van der Waals surface area contributed by atoms with Gasteiger partial charge in [0.15, 0.2) is 6.10 Å². The second kappa shape index (κ2) is 9.42. The number of sulfonamides is 1. The minimum atomic E-state index is -4.04. The standard InChI is InChI=1S/C16H22FN3O6S/c1-10(2)18-16(23)19-15(22)11(3)26-14(21)9-20(4)27(24,25)13-7-5-12(17)6-8-13/h5-8,10-11H,9H2,1-4H3,(H2,18,19,22,23)/t11-/m0/s1. The molecule has 0 fully saturated rings. The van der Waals surface area contributed by atoms with Crippen molar-refractivity contribution in [1.82, 2.24) is 14.9 Å². The number of esters is 1. The smallest absolute Gasteiger partial charge is 0.322 e. The van der Waals surface area contributed by atoms with Crippen LogP contribution < -0.4 is 10.6 Å². The molecule has 0 heterocycles. The van der Waals surface area contributed by atoms with E-state index in [0.29, 0.717) is 4.31 Å². The fourth-order valence-electron chi connectivity index (χ4n) is 1.85. The Morgan fingerprint density at radius 1 is 1.15 bits per heavy atom. The molecule has 3 amide bonds. The van der Waals surface area contributed by atoms with Gasteiger partial charge in [0.05, 0.1) is 4.90 Å². The van der Waals surface area contributed by atoms with Crippen LogP contribution in [0.25, 0.3) is 0 Å². The first kappa shape index (κ1) is 22.5. The maximum atomic E-state index is 12.9. The van der Waals surface area contributed by atoms with Crippen molar-refractivity contribution in [3.8, 4) is 0 Å². The molecule has 9 nitrogen and oxygen atoms in total. The van der Waals surface area contributed by atoms with Gasteiger partial charge in [0, 0.05) is 13.1 Å². The van der Waals surface area contributed by atoms with Gasteiger partial charge in [0.25, 0.3) is 5.91 Å². The third-order valence-electron chi connectivity index (χ3n) is 3.21. The summed E-state index contributed by atoms with van der Waals surface area (Å²) in [4.78, 5) is 34.9. The first-order chi connectivity index (χ1) is 12.4. The third-order valence-corrected chi connectivity index (χ3v) is 5.03. The number of urea groups is 1. The number of carbonyl (C=O) groups excluding carboxylic acids is 3. The van der Waals surface area contributed by atoms with Crippen LogP contribution in [0, 0.1) is 5.82 Å². The lowest BCUT2D eigenvalue weighted by Gasteiger charge is -2.18. The average Bonchev–Trinajstić information content (AvgIpc) is 2.53. The summed E-state index contributed by atoms with van der Waals surface area (Å²) in [5, 5.41) is 4.43. The summed E-state index contributed by atoms with van der Waals surface area (Å²) in [5.74, 6) is -2.45. The molecule has 0 saturated heterocycles. The van der Waals surface area contributed by atoms with Crippen LogP contribution in [0.5, 0.6) is 0 Å². The van der Waals surface area contributed by atoms with E-state index in [1.54, 1.807) is 13.8 Å². The maximum Gasteiger partial charge on any atom is 0.322 e. The second-order valence-corrected chi connectivity index (χ2v) is 8.01. The van der Waals surface area contributed by atoms with E-state index in [1.165, 1.54) is 6.92 Å². The molecule has 1 rings (SSSR count). The minimum absolute atomic E-state index is 0.194. The van der Waals surface area contributed by atoms with Crippen LogP contribution >= 0.6 is 0 Å². The van der Waals surface area contributed by atoms with E-state index in [0.717, 1.165) is 31.3 Å². The van der Waals surface area contributed by atoms with Crippen LogP contribution in [-0.4, -0.2) is 56.4 Å². The molecule has 27 heavy (non-hydrogen) atoms. The SMILES string of the molecule is CC(C)NC(=O)NC(=O)[C@H](C)OC(=O)CN(C)S(=O)(=O)c1ccc(F)cc1. The van der Waals surface area contributed by atoms with E-state index < -0.39 is 46.4 Å². The Labute approximate surface area is 156 Å². The summed E-state index contributed by atoms with van der Waals surface area (Å²) in [7, 11) is -2.90. The number of hydrogen-bond acceptors (Lipinski definition) is 6. The summed E-state index contributed by atoms with van der Waals surface area (Å²) >= 11 is 0. The van der Waals surface area contributed by atoms with Gasteiger partial charge in [-0.05, 0) is 45.0 Å². The predicted octanol–water partition coefficient (Wildman–Crippen LogP) is 0.612. The molecule has 0 aliphatic carbocycles. The Kier molecular flexibility index (Phi) is 7.85. The Morgan fingerprint density at radius 3 is 2.22 bits per heavy atom. The summed E-state index contributed by atoms with van der Waals surface area (Å²) in [6.07, 6.45) is -1.31. The van der Waals surface area contributed by atoms with E-state index in [9.17, 15) is 27.2 Å². The van der Waals surface area contributed by atoms with Crippen molar-refractivity contribution in [2.75, 3.05) is 13.6 Å². The lowest BCUT2D eigenvalue weighted by atomic mass is 10.3. The van der Waals surface area contributed by atoms with Gasteiger partial charge in [0.1, 0.15) is 12.4 Å². The van der Waals surface area contributed by atoms with Gasteiger partial charge >= 0.3 is 12.0 Å². The molecule has 0 aliphatic rings. The number of rotatable bonds is 7. The molecular weight excluding hydrogens is 381 g/mol. The Bertz CT molecular complexity index is 795. The van der Waals surface area contributed by atoms with E-state index in [1.807, 2.05) is 5.32 Å². The largest absolute Gasteiger partial charge is 0.452 e. The molecule has 1 aromatic carbocycles. The van der Waals surface area contributed by atoms with Crippen LogP contribution in [0.1, 0.15) is 20.8 Å². The molecule has 0 spiro atoms. The zero-order valence-electron chi connectivity index (χ0n) is 15.4. The molecule has 0 saturated carbocycles. The van der Waals surface area contributed by atoms with Crippen molar-refractivity contribution in [3.63, 3.8) is 0 Å². The average molecular weight is 403 g/mol. The first-order valence-electron chi connectivity index (χ1n) is 7.96. The highest BCUT2D eigenvalue weighted by Gasteiger charge is 2.26. The summed E-state index contributed by atoms with van der Waals surface area (Å²) in [6.45, 7) is 3.97. The Balaban J connectivity index is 2.63. The summed E-state index contributed by atoms with van der Waals surface area (Å²) < 4.78 is 43.1. The number of benzene rings is 1. The topological polar surface area (TPSA) is 122 Å². The number of likely N-dealkylation sites (N-methyl/N-ethyl adjacent to an activating group) is 1. The highest BCUT2D eigenvalue weighted by Crippen LogP contribution is 2.14. The van der Waals surface area contributed by atoms with Crippen LogP contribution in [0.4, 0.5) is 9.18 Å². The second-order valence-electron chi connectivity index (χ2n) is 5.96. The van der Waals surface area contributed by atoms with Crippen molar-refractivity contribution in [3.05, 3.63) is 30.1 Å². The number of nitrogens with one attached hydrogen (secondary N) is 2. The normalized spacial score (nSPS) is 12.6. The summed E-state index contributed by atoms with van der Waals surface area (Å²) in [6, 6.07) is 3.16. The molecule has 1 atom stereocenters. The third kappa shape index (κ3) is 6.94. The highest BCUT2D eigenvalue weighted by molar-refractivity contribution is 7.89.